The molecule has 0 aliphatic rings. The molecule has 0 aromatic carbocycles. The van der Waals surface area contributed by atoms with Crippen LogP contribution in [-0.2, 0) is 0 Å². The fourth-order valence-corrected chi connectivity index (χ4v) is 3.26. The SMILES string of the molecule is CCCCNc1nc(-c2csc(-c3ccco3)n2)cs1. The number of thiazole rings is 2. The predicted octanol–water partition coefficient (Wildman–Crippen LogP) is 4.74. The van der Waals surface area contributed by atoms with Crippen molar-refractivity contribution in [1.29, 1.82) is 0 Å². The Kier molecular flexibility index (Phi) is 4.13. The Hall–Kier alpha value is -1.66. The second-order valence-corrected chi connectivity index (χ2v) is 6.05. The molecular weight excluding hydrogens is 290 g/mol. The molecule has 3 aromatic heterocycles. The van der Waals surface area contributed by atoms with Crippen molar-refractivity contribution in [2.75, 3.05) is 11.9 Å². The van der Waals surface area contributed by atoms with E-state index in [0.29, 0.717) is 0 Å². The third-order valence-electron chi connectivity index (χ3n) is 2.81. The van der Waals surface area contributed by atoms with E-state index in [1.807, 2.05) is 22.9 Å². The average Bonchev–Trinajstić information content (AvgIpc) is 3.19. The zero-order chi connectivity index (χ0) is 13.8. The zero-order valence-electron chi connectivity index (χ0n) is 11.1. The lowest BCUT2D eigenvalue weighted by Gasteiger charge is -1.98. The van der Waals surface area contributed by atoms with Gasteiger partial charge < -0.3 is 9.73 Å². The largest absolute Gasteiger partial charge is 0.462 e. The zero-order valence-corrected chi connectivity index (χ0v) is 12.8. The Morgan fingerprint density at radius 2 is 2.05 bits per heavy atom. The number of nitrogens with one attached hydrogen (secondary N) is 1. The van der Waals surface area contributed by atoms with Crippen molar-refractivity contribution in [3.05, 3.63) is 29.2 Å². The van der Waals surface area contributed by atoms with Crippen LogP contribution in [0.5, 0.6) is 0 Å². The van der Waals surface area contributed by atoms with Crippen molar-refractivity contribution in [1.82, 2.24) is 9.97 Å². The summed E-state index contributed by atoms with van der Waals surface area (Å²) in [6.45, 7) is 3.15. The minimum atomic E-state index is 0.803. The molecule has 0 amide bonds. The van der Waals surface area contributed by atoms with Crippen LogP contribution in [0.2, 0.25) is 0 Å². The smallest absolute Gasteiger partial charge is 0.183 e. The highest BCUT2D eigenvalue weighted by Gasteiger charge is 2.11. The van der Waals surface area contributed by atoms with Gasteiger partial charge in [-0.3, -0.25) is 0 Å². The van der Waals surface area contributed by atoms with Crippen molar-refractivity contribution in [3.8, 4) is 22.2 Å². The van der Waals surface area contributed by atoms with Gasteiger partial charge in [0, 0.05) is 17.3 Å². The van der Waals surface area contributed by atoms with Crippen LogP contribution >= 0.6 is 22.7 Å². The van der Waals surface area contributed by atoms with E-state index in [1.54, 1.807) is 28.9 Å². The van der Waals surface area contributed by atoms with Gasteiger partial charge in [-0.25, -0.2) is 9.97 Å². The molecule has 3 heterocycles. The molecular formula is C14H15N3OS2. The summed E-state index contributed by atoms with van der Waals surface area (Å²) >= 11 is 3.19. The molecule has 0 radical (unpaired) electrons. The number of unbranched alkanes of at least 4 members (excludes halogenated alkanes) is 1. The third kappa shape index (κ3) is 2.91. The lowest BCUT2D eigenvalue weighted by atomic mass is 10.3. The van der Waals surface area contributed by atoms with Crippen molar-refractivity contribution in [3.63, 3.8) is 0 Å². The minimum absolute atomic E-state index is 0.803. The van der Waals surface area contributed by atoms with Crippen LogP contribution in [0, 0.1) is 0 Å². The monoisotopic (exact) mass is 305 g/mol. The van der Waals surface area contributed by atoms with E-state index >= 15 is 0 Å². The summed E-state index contributed by atoms with van der Waals surface area (Å²) in [5, 5.41) is 9.23. The molecule has 3 aromatic rings. The van der Waals surface area contributed by atoms with Crippen LogP contribution in [-0.4, -0.2) is 16.5 Å². The van der Waals surface area contributed by atoms with Gasteiger partial charge in [0.15, 0.2) is 15.9 Å². The second kappa shape index (κ2) is 6.19. The van der Waals surface area contributed by atoms with Gasteiger partial charge in [-0.05, 0) is 18.6 Å². The molecule has 0 saturated carbocycles. The number of hydrogen-bond acceptors (Lipinski definition) is 6. The molecule has 0 unspecified atom stereocenters. The fourth-order valence-electron chi connectivity index (χ4n) is 1.75. The first-order chi connectivity index (χ1) is 9.86. The minimum Gasteiger partial charge on any atom is -0.462 e. The lowest BCUT2D eigenvalue weighted by molar-refractivity contribution is 0.582. The Balaban J connectivity index is 1.73. The van der Waals surface area contributed by atoms with Gasteiger partial charge in [0.1, 0.15) is 11.4 Å². The van der Waals surface area contributed by atoms with E-state index in [9.17, 15) is 0 Å². The molecule has 0 spiro atoms. The molecule has 0 aliphatic heterocycles. The van der Waals surface area contributed by atoms with Crippen LogP contribution in [0.25, 0.3) is 22.2 Å². The van der Waals surface area contributed by atoms with Crippen molar-refractivity contribution >= 4 is 27.8 Å². The van der Waals surface area contributed by atoms with Crippen LogP contribution < -0.4 is 5.32 Å². The molecule has 0 aliphatic carbocycles. The molecule has 4 nitrogen and oxygen atoms in total. The van der Waals surface area contributed by atoms with Crippen LogP contribution in [0.4, 0.5) is 5.13 Å². The average molecular weight is 305 g/mol. The van der Waals surface area contributed by atoms with Gasteiger partial charge in [0.25, 0.3) is 0 Å². The summed E-state index contributed by atoms with van der Waals surface area (Å²) in [5.41, 5.74) is 1.82. The number of anilines is 1. The fraction of sp³-hybridized carbons (Fsp3) is 0.286. The van der Waals surface area contributed by atoms with Crippen molar-refractivity contribution in [2.45, 2.75) is 19.8 Å². The lowest BCUT2D eigenvalue weighted by Crippen LogP contribution is -1.99. The Bertz CT molecular complexity index is 658. The molecule has 0 bridgehead atoms. The van der Waals surface area contributed by atoms with E-state index in [2.05, 4.69) is 22.2 Å². The molecule has 20 heavy (non-hydrogen) atoms. The van der Waals surface area contributed by atoms with Gasteiger partial charge in [-0.2, -0.15) is 0 Å². The summed E-state index contributed by atoms with van der Waals surface area (Å²) in [5.74, 6) is 0.803. The Morgan fingerprint density at radius 1 is 1.20 bits per heavy atom. The molecule has 0 saturated heterocycles. The number of nitrogens with zero attached hydrogens (tertiary/aromatic N) is 2. The molecule has 1 N–H and O–H groups in total. The molecule has 6 heteroatoms. The number of hydrogen-bond donors (Lipinski definition) is 1. The number of furan rings is 1. The van der Waals surface area contributed by atoms with Crippen LogP contribution in [0.3, 0.4) is 0 Å². The van der Waals surface area contributed by atoms with Crippen LogP contribution in [0.1, 0.15) is 19.8 Å². The van der Waals surface area contributed by atoms with Gasteiger partial charge in [-0.15, -0.1) is 22.7 Å². The predicted molar refractivity (Wildman–Crippen MR) is 84.3 cm³/mol. The first kappa shape index (κ1) is 13.3. The van der Waals surface area contributed by atoms with Gasteiger partial charge >= 0.3 is 0 Å². The van der Waals surface area contributed by atoms with Gasteiger partial charge in [0.05, 0.1) is 6.26 Å². The summed E-state index contributed by atoms with van der Waals surface area (Å²) in [4.78, 5) is 9.14. The van der Waals surface area contributed by atoms with E-state index in [0.717, 1.165) is 40.3 Å². The number of rotatable bonds is 6. The normalized spacial score (nSPS) is 10.8. The maximum Gasteiger partial charge on any atom is 0.183 e. The first-order valence-corrected chi connectivity index (χ1v) is 8.32. The van der Waals surface area contributed by atoms with Gasteiger partial charge in [0.2, 0.25) is 0 Å². The number of aromatic nitrogens is 2. The van der Waals surface area contributed by atoms with E-state index < -0.39 is 0 Å². The highest BCUT2D eigenvalue weighted by molar-refractivity contribution is 7.14. The van der Waals surface area contributed by atoms with Gasteiger partial charge in [-0.1, -0.05) is 13.3 Å². The Morgan fingerprint density at radius 3 is 2.85 bits per heavy atom. The Labute approximate surface area is 125 Å². The maximum atomic E-state index is 5.36. The maximum absolute atomic E-state index is 5.36. The standard InChI is InChI=1S/C14H15N3OS2/c1-2-3-6-15-14-17-11(9-20-14)10-8-19-13(16-10)12-5-4-7-18-12/h4-5,7-9H,2-3,6H2,1H3,(H,15,17). The second-order valence-electron chi connectivity index (χ2n) is 4.33. The van der Waals surface area contributed by atoms with E-state index in [-0.39, 0.29) is 0 Å². The molecule has 104 valence electrons. The summed E-state index contributed by atoms with van der Waals surface area (Å²) < 4.78 is 5.36. The van der Waals surface area contributed by atoms with Crippen molar-refractivity contribution < 1.29 is 4.42 Å². The first-order valence-electron chi connectivity index (χ1n) is 6.56. The summed E-state index contributed by atoms with van der Waals surface area (Å²) in [7, 11) is 0. The highest BCUT2D eigenvalue weighted by Crippen LogP contribution is 2.30. The molecule has 3 rings (SSSR count). The highest BCUT2D eigenvalue weighted by atomic mass is 32.1. The van der Waals surface area contributed by atoms with E-state index in [1.165, 1.54) is 6.42 Å². The molecule has 0 atom stereocenters. The summed E-state index contributed by atoms with van der Waals surface area (Å²) in [6, 6.07) is 3.79. The summed E-state index contributed by atoms with van der Waals surface area (Å²) in [6.07, 6.45) is 4.01. The topological polar surface area (TPSA) is 51.0 Å². The molecule has 0 fully saturated rings. The van der Waals surface area contributed by atoms with Crippen molar-refractivity contribution in [2.24, 2.45) is 0 Å². The third-order valence-corrected chi connectivity index (χ3v) is 4.47. The quantitative estimate of drug-likeness (QED) is 0.668. The van der Waals surface area contributed by atoms with Crippen LogP contribution in [0.15, 0.2) is 33.6 Å². The van der Waals surface area contributed by atoms with E-state index in [4.69, 9.17) is 4.42 Å².